The molecule has 0 aliphatic carbocycles. The van der Waals surface area contributed by atoms with Crippen LogP contribution in [0.4, 0.5) is 5.82 Å². The first-order valence-electron chi connectivity index (χ1n) is 6.49. The Balaban J connectivity index is 2.98. The maximum absolute atomic E-state index is 11.6. The van der Waals surface area contributed by atoms with E-state index in [1.165, 1.54) is 6.07 Å². The molecule has 1 aromatic heterocycles. The van der Waals surface area contributed by atoms with E-state index in [4.69, 9.17) is 4.74 Å². The van der Waals surface area contributed by atoms with Gasteiger partial charge in [0.1, 0.15) is 18.2 Å². The zero-order valence-electron chi connectivity index (χ0n) is 11.9. The van der Waals surface area contributed by atoms with E-state index in [2.05, 4.69) is 9.97 Å². The van der Waals surface area contributed by atoms with Gasteiger partial charge in [-0.25, -0.2) is 4.98 Å². The molecule has 1 heterocycles. The van der Waals surface area contributed by atoms with Crippen molar-refractivity contribution in [1.82, 2.24) is 9.97 Å². The van der Waals surface area contributed by atoms with Gasteiger partial charge >= 0.3 is 5.97 Å². The van der Waals surface area contributed by atoms with Gasteiger partial charge in [-0.1, -0.05) is 13.8 Å². The van der Waals surface area contributed by atoms with Crippen molar-refractivity contribution in [2.45, 2.75) is 33.6 Å². The van der Waals surface area contributed by atoms with Crippen LogP contribution in [0.25, 0.3) is 0 Å². The van der Waals surface area contributed by atoms with Crippen LogP contribution in [-0.4, -0.2) is 35.6 Å². The van der Waals surface area contributed by atoms with E-state index in [-0.39, 0.29) is 24.0 Å². The second kappa shape index (κ2) is 6.92. The maximum atomic E-state index is 11.6. The predicted molar refractivity (Wildman–Crippen MR) is 73.5 cm³/mol. The molecule has 0 aliphatic heterocycles. The lowest BCUT2D eigenvalue weighted by Crippen LogP contribution is -2.33. The summed E-state index contributed by atoms with van der Waals surface area (Å²) >= 11 is 0. The molecule has 0 saturated carbocycles. The second-order valence-corrected chi connectivity index (χ2v) is 4.46. The van der Waals surface area contributed by atoms with E-state index < -0.39 is 0 Å². The first-order chi connectivity index (χ1) is 8.97. The molecule has 1 N–H and O–H groups in total. The summed E-state index contributed by atoms with van der Waals surface area (Å²) in [5, 5.41) is 0. The molecule has 6 heteroatoms. The summed E-state index contributed by atoms with van der Waals surface area (Å²) < 4.78 is 4.91. The van der Waals surface area contributed by atoms with Gasteiger partial charge in [0.05, 0.1) is 6.61 Å². The van der Waals surface area contributed by atoms with Gasteiger partial charge in [0.2, 0.25) is 0 Å². The number of nitrogens with zero attached hydrogens (tertiary/aromatic N) is 2. The lowest BCUT2D eigenvalue weighted by molar-refractivity contribution is -0.141. The van der Waals surface area contributed by atoms with Crippen molar-refractivity contribution in [3.05, 3.63) is 22.2 Å². The number of esters is 1. The van der Waals surface area contributed by atoms with Crippen LogP contribution in [0.15, 0.2) is 10.9 Å². The maximum Gasteiger partial charge on any atom is 0.325 e. The normalized spacial score (nSPS) is 10.6. The summed E-state index contributed by atoms with van der Waals surface area (Å²) in [5.41, 5.74) is -0.212. The van der Waals surface area contributed by atoms with Gasteiger partial charge in [-0.05, 0) is 13.8 Å². The van der Waals surface area contributed by atoms with Crippen LogP contribution in [0.3, 0.4) is 0 Å². The molecular formula is C13H21N3O3. The fraction of sp³-hybridized carbons (Fsp3) is 0.615. The summed E-state index contributed by atoms with van der Waals surface area (Å²) in [6.07, 6.45) is 0. The molecule has 0 unspecified atom stereocenters. The second-order valence-electron chi connectivity index (χ2n) is 4.46. The number of carbonyl (C=O) groups excluding carboxylic acids is 1. The molecular weight excluding hydrogens is 246 g/mol. The number of nitrogens with one attached hydrogen (secondary N) is 1. The third kappa shape index (κ3) is 4.39. The molecule has 0 radical (unpaired) electrons. The van der Waals surface area contributed by atoms with Crippen molar-refractivity contribution in [2.75, 3.05) is 24.6 Å². The standard InChI is InChI=1S/C13H21N3O3/c1-5-16(8-12(18)19-6-2)10-7-11(17)15-13(14-10)9(3)4/h7,9H,5-6,8H2,1-4H3,(H,14,15,17). The van der Waals surface area contributed by atoms with Crippen LogP contribution < -0.4 is 10.5 Å². The zero-order valence-corrected chi connectivity index (χ0v) is 11.9. The van der Waals surface area contributed by atoms with Gasteiger partial charge in [-0.2, -0.15) is 0 Å². The molecule has 106 valence electrons. The first-order valence-corrected chi connectivity index (χ1v) is 6.49. The monoisotopic (exact) mass is 267 g/mol. The Morgan fingerprint density at radius 1 is 1.47 bits per heavy atom. The molecule has 1 aromatic rings. The highest BCUT2D eigenvalue weighted by atomic mass is 16.5. The summed E-state index contributed by atoms with van der Waals surface area (Å²) in [6.45, 7) is 8.57. The van der Waals surface area contributed by atoms with Crippen molar-refractivity contribution in [3.8, 4) is 0 Å². The number of hydrogen-bond donors (Lipinski definition) is 1. The van der Waals surface area contributed by atoms with E-state index in [0.29, 0.717) is 24.8 Å². The van der Waals surface area contributed by atoms with Crippen molar-refractivity contribution < 1.29 is 9.53 Å². The number of aromatic amines is 1. The van der Waals surface area contributed by atoms with E-state index in [0.717, 1.165) is 0 Å². The van der Waals surface area contributed by atoms with E-state index >= 15 is 0 Å². The molecule has 19 heavy (non-hydrogen) atoms. The third-order valence-electron chi connectivity index (χ3n) is 2.62. The van der Waals surface area contributed by atoms with Gasteiger partial charge in [-0.15, -0.1) is 0 Å². The number of anilines is 1. The Morgan fingerprint density at radius 3 is 2.68 bits per heavy atom. The van der Waals surface area contributed by atoms with Crippen molar-refractivity contribution in [2.24, 2.45) is 0 Å². The topological polar surface area (TPSA) is 75.3 Å². The first kappa shape index (κ1) is 15.2. The van der Waals surface area contributed by atoms with Crippen LogP contribution in [0, 0.1) is 0 Å². The molecule has 0 spiro atoms. The minimum absolute atomic E-state index is 0.0956. The fourth-order valence-corrected chi connectivity index (χ4v) is 1.62. The van der Waals surface area contributed by atoms with Crippen molar-refractivity contribution >= 4 is 11.8 Å². The molecule has 0 atom stereocenters. The van der Waals surface area contributed by atoms with Crippen LogP contribution in [0.1, 0.15) is 39.4 Å². The number of rotatable bonds is 6. The minimum atomic E-state index is -0.322. The van der Waals surface area contributed by atoms with Crippen molar-refractivity contribution in [3.63, 3.8) is 0 Å². The third-order valence-corrected chi connectivity index (χ3v) is 2.62. The minimum Gasteiger partial charge on any atom is -0.465 e. The average molecular weight is 267 g/mol. The lowest BCUT2D eigenvalue weighted by atomic mass is 10.2. The highest BCUT2D eigenvalue weighted by Crippen LogP contribution is 2.12. The summed E-state index contributed by atoms with van der Waals surface area (Å²) in [4.78, 5) is 31.9. The molecule has 0 fully saturated rings. The molecule has 0 aromatic carbocycles. The number of carbonyl (C=O) groups is 1. The Kier molecular flexibility index (Phi) is 5.54. The van der Waals surface area contributed by atoms with E-state index in [1.54, 1.807) is 11.8 Å². The molecule has 1 rings (SSSR count). The van der Waals surface area contributed by atoms with Crippen LogP contribution in [-0.2, 0) is 9.53 Å². The van der Waals surface area contributed by atoms with Gasteiger partial charge in [0.25, 0.3) is 5.56 Å². The number of likely N-dealkylation sites (N-methyl/N-ethyl adjacent to an activating group) is 1. The van der Waals surface area contributed by atoms with Gasteiger partial charge in [0, 0.05) is 18.5 Å². The Hall–Kier alpha value is -1.85. The number of aromatic nitrogens is 2. The molecule has 0 aliphatic rings. The SMILES string of the molecule is CCOC(=O)CN(CC)c1cc(=O)[nH]c(C(C)C)n1. The van der Waals surface area contributed by atoms with Gasteiger partial charge in [-0.3, -0.25) is 9.59 Å². The summed E-state index contributed by atoms with van der Waals surface area (Å²) in [6, 6.07) is 1.40. The Morgan fingerprint density at radius 2 is 2.16 bits per heavy atom. The molecule has 0 bridgehead atoms. The number of ether oxygens (including phenoxy) is 1. The summed E-state index contributed by atoms with van der Waals surface area (Å²) in [7, 11) is 0. The van der Waals surface area contributed by atoms with Crippen molar-refractivity contribution in [1.29, 1.82) is 0 Å². The zero-order chi connectivity index (χ0) is 14.4. The van der Waals surface area contributed by atoms with E-state index in [1.807, 2.05) is 20.8 Å². The molecule has 6 nitrogen and oxygen atoms in total. The lowest BCUT2D eigenvalue weighted by Gasteiger charge is -2.21. The number of H-pyrrole nitrogens is 1. The average Bonchev–Trinajstić information content (AvgIpc) is 2.35. The Labute approximate surface area is 112 Å². The van der Waals surface area contributed by atoms with Crippen LogP contribution in [0.2, 0.25) is 0 Å². The van der Waals surface area contributed by atoms with Crippen LogP contribution >= 0.6 is 0 Å². The molecule has 0 saturated heterocycles. The van der Waals surface area contributed by atoms with E-state index in [9.17, 15) is 9.59 Å². The van der Waals surface area contributed by atoms with Crippen LogP contribution in [0.5, 0.6) is 0 Å². The highest BCUT2D eigenvalue weighted by molar-refractivity contribution is 5.75. The number of hydrogen-bond acceptors (Lipinski definition) is 5. The predicted octanol–water partition coefficient (Wildman–Crippen LogP) is 1.28. The highest BCUT2D eigenvalue weighted by Gasteiger charge is 2.14. The Bertz CT molecular complexity index is 482. The largest absolute Gasteiger partial charge is 0.465 e. The summed E-state index contributed by atoms with van der Waals surface area (Å²) in [5.74, 6) is 0.916. The smallest absolute Gasteiger partial charge is 0.325 e. The van der Waals surface area contributed by atoms with Gasteiger partial charge in [0.15, 0.2) is 0 Å². The molecule has 0 amide bonds. The van der Waals surface area contributed by atoms with Gasteiger partial charge < -0.3 is 14.6 Å². The quantitative estimate of drug-likeness (QED) is 0.786. The fourth-order valence-electron chi connectivity index (χ4n) is 1.62.